The fourth-order valence-electron chi connectivity index (χ4n) is 2.70. The topological polar surface area (TPSA) is 69.7 Å². The van der Waals surface area contributed by atoms with Crippen LogP contribution in [0.5, 0.6) is 0 Å². The van der Waals surface area contributed by atoms with Gasteiger partial charge in [0.2, 0.25) is 5.91 Å². The van der Waals surface area contributed by atoms with Gasteiger partial charge in [-0.15, -0.1) is 11.3 Å². The minimum atomic E-state index is -3.66. The molecule has 1 aliphatic rings. The standard InChI is InChI=1S/C15H24ClN3O3S2/c1-18-9-6-12(7-10-18)5-8-17-14(20)11-19(2)24(21,22)15-4-3-13(16)23-15/h3-4,12H,5-11H2,1-2H3,(H,17,20). The average Bonchev–Trinajstić information content (AvgIpc) is 2.96. The lowest BCUT2D eigenvalue weighted by molar-refractivity contribution is -0.121. The second-order valence-corrected chi connectivity index (χ2v) is 10.2. The van der Waals surface area contributed by atoms with Crippen LogP contribution in [0.25, 0.3) is 0 Å². The van der Waals surface area contributed by atoms with Gasteiger partial charge in [-0.2, -0.15) is 4.31 Å². The van der Waals surface area contributed by atoms with Crippen LogP contribution in [0.15, 0.2) is 16.3 Å². The number of rotatable bonds is 7. The minimum Gasteiger partial charge on any atom is -0.355 e. The SMILES string of the molecule is CN1CCC(CCNC(=O)CN(C)S(=O)(=O)c2ccc(Cl)s2)CC1. The molecule has 0 atom stereocenters. The van der Waals surface area contributed by atoms with Crippen molar-refractivity contribution in [2.75, 3.05) is 40.3 Å². The lowest BCUT2D eigenvalue weighted by Crippen LogP contribution is -2.39. The number of carbonyl (C=O) groups excluding carboxylic acids is 1. The van der Waals surface area contributed by atoms with Gasteiger partial charge in [0.15, 0.2) is 0 Å². The van der Waals surface area contributed by atoms with Crippen molar-refractivity contribution in [2.45, 2.75) is 23.5 Å². The molecule has 1 saturated heterocycles. The summed E-state index contributed by atoms with van der Waals surface area (Å²) in [6.07, 6.45) is 3.25. The molecule has 2 rings (SSSR count). The van der Waals surface area contributed by atoms with Crippen molar-refractivity contribution in [1.82, 2.24) is 14.5 Å². The van der Waals surface area contributed by atoms with Crippen molar-refractivity contribution < 1.29 is 13.2 Å². The van der Waals surface area contributed by atoms with E-state index in [1.54, 1.807) is 0 Å². The summed E-state index contributed by atoms with van der Waals surface area (Å²) in [7, 11) is -0.141. The zero-order valence-corrected chi connectivity index (χ0v) is 16.4. The summed E-state index contributed by atoms with van der Waals surface area (Å²) < 4.78 is 26.3. The normalized spacial score (nSPS) is 17.3. The van der Waals surface area contributed by atoms with Gasteiger partial charge in [-0.3, -0.25) is 4.79 Å². The first-order valence-corrected chi connectivity index (χ1v) is 10.6. The molecule has 0 spiro atoms. The first-order valence-electron chi connectivity index (χ1n) is 7.96. The number of likely N-dealkylation sites (tertiary alicyclic amines) is 1. The van der Waals surface area contributed by atoms with Gasteiger partial charge < -0.3 is 10.2 Å². The second-order valence-electron chi connectivity index (χ2n) is 6.20. The molecule has 1 aliphatic heterocycles. The number of nitrogens with zero attached hydrogens (tertiary/aromatic N) is 2. The molecule has 1 aromatic heterocycles. The summed E-state index contributed by atoms with van der Waals surface area (Å²) in [5.41, 5.74) is 0. The molecule has 0 saturated carbocycles. The molecule has 136 valence electrons. The number of nitrogens with one attached hydrogen (secondary N) is 1. The fourth-order valence-corrected chi connectivity index (χ4v) is 5.52. The summed E-state index contributed by atoms with van der Waals surface area (Å²) in [6, 6.07) is 2.99. The highest BCUT2D eigenvalue weighted by Crippen LogP contribution is 2.27. The Labute approximate surface area is 152 Å². The van der Waals surface area contributed by atoms with E-state index in [4.69, 9.17) is 11.6 Å². The largest absolute Gasteiger partial charge is 0.355 e. The molecule has 0 aromatic carbocycles. The van der Waals surface area contributed by atoms with Crippen molar-refractivity contribution in [1.29, 1.82) is 0 Å². The Hall–Kier alpha value is -0.670. The lowest BCUT2D eigenvalue weighted by Gasteiger charge is -2.28. The maximum atomic E-state index is 12.3. The first kappa shape index (κ1) is 19.7. The van der Waals surface area contributed by atoms with E-state index in [1.165, 1.54) is 19.2 Å². The molecule has 1 N–H and O–H groups in total. The van der Waals surface area contributed by atoms with Crippen LogP contribution in [0.4, 0.5) is 0 Å². The molecular weight excluding hydrogens is 370 g/mol. The van der Waals surface area contributed by atoms with E-state index in [1.807, 2.05) is 0 Å². The summed E-state index contributed by atoms with van der Waals surface area (Å²) in [6.45, 7) is 2.60. The molecule has 24 heavy (non-hydrogen) atoms. The van der Waals surface area contributed by atoms with E-state index in [9.17, 15) is 13.2 Å². The minimum absolute atomic E-state index is 0.147. The van der Waals surface area contributed by atoms with Gasteiger partial charge in [0.1, 0.15) is 4.21 Å². The van der Waals surface area contributed by atoms with E-state index in [2.05, 4.69) is 17.3 Å². The summed E-state index contributed by atoms with van der Waals surface area (Å²) in [5, 5.41) is 2.82. The van der Waals surface area contributed by atoms with E-state index in [0.717, 1.165) is 48.0 Å². The zero-order chi connectivity index (χ0) is 17.7. The Balaban J connectivity index is 1.75. The monoisotopic (exact) mass is 393 g/mol. The third kappa shape index (κ3) is 5.42. The number of halogens is 1. The molecule has 9 heteroatoms. The van der Waals surface area contributed by atoms with E-state index >= 15 is 0 Å². The van der Waals surface area contributed by atoms with Gasteiger partial charge in [0, 0.05) is 13.6 Å². The fraction of sp³-hybridized carbons (Fsp3) is 0.667. The molecule has 0 radical (unpaired) electrons. The van der Waals surface area contributed by atoms with Gasteiger partial charge in [-0.25, -0.2) is 8.42 Å². The Morgan fingerprint density at radius 3 is 2.67 bits per heavy atom. The number of hydrogen-bond acceptors (Lipinski definition) is 5. The number of sulfonamides is 1. The van der Waals surface area contributed by atoms with Gasteiger partial charge in [0.25, 0.3) is 10.0 Å². The molecule has 0 unspecified atom stereocenters. The number of hydrogen-bond donors (Lipinski definition) is 1. The highest BCUT2D eigenvalue weighted by molar-refractivity contribution is 7.91. The van der Waals surface area contributed by atoms with E-state index in [-0.39, 0.29) is 16.7 Å². The smallest absolute Gasteiger partial charge is 0.252 e. The van der Waals surface area contributed by atoms with Gasteiger partial charge >= 0.3 is 0 Å². The first-order chi connectivity index (χ1) is 11.3. The predicted octanol–water partition coefficient (Wildman–Crippen LogP) is 1.87. The van der Waals surface area contributed by atoms with Crippen molar-refractivity contribution in [2.24, 2.45) is 5.92 Å². The summed E-state index contributed by atoms with van der Waals surface area (Å²) in [5.74, 6) is 0.355. The van der Waals surface area contributed by atoms with Gasteiger partial charge in [0.05, 0.1) is 10.9 Å². The molecule has 1 aromatic rings. The third-order valence-corrected chi connectivity index (χ3v) is 7.79. The van der Waals surface area contributed by atoms with Crippen molar-refractivity contribution >= 4 is 38.9 Å². The molecular formula is C15H24ClN3O3S2. The van der Waals surface area contributed by atoms with Crippen LogP contribution in [0.1, 0.15) is 19.3 Å². The molecule has 6 nitrogen and oxygen atoms in total. The quantitative estimate of drug-likeness (QED) is 0.767. The summed E-state index contributed by atoms with van der Waals surface area (Å²) >= 11 is 6.77. The van der Waals surface area contributed by atoms with Crippen LogP contribution in [0.3, 0.4) is 0 Å². The van der Waals surface area contributed by atoms with Gasteiger partial charge in [-0.1, -0.05) is 11.6 Å². The van der Waals surface area contributed by atoms with E-state index in [0.29, 0.717) is 16.8 Å². The van der Waals surface area contributed by atoms with Crippen LogP contribution < -0.4 is 5.32 Å². The van der Waals surface area contributed by atoms with Crippen LogP contribution in [-0.2, 0) is 14.8 Å². The zero-order valence-electron chi connectivity index (χ0n) is 14.0. The van der Waals surface area contributed by atoms with Crippen LogP contribution in [-0.4, -0.2) is 63.8 Å². The molecule has 2 heterocycles. The van der Waals surface area contributed by atoms with Gasteiger partial charge in [-0.05, 0) is 57.5 Å². The number of likely N-dealkylation sites (N-methyl/N-ethyl adjacent to an activating group) is 1. The van der Waals surface area contributed by atoms with Crippen LogP contribution >= 0.6 is 22.9 Å². The van der Waals surface area contributed by atoms with Crippen molar-refractivity contribution in [3.8, 4) is 0 Å². The van der Waals surface area contributed by atoms with Crippen LogP contribution in [0.2, 0.25) is 4.34 Å². The Morgan fingerprint density at radius 1 is 1.42 bits per heavy atom. The molecule has 1 fully saturated rings. The number of thiophene rings is 1. The number of piperidine rings is 1. The highest BCUT2D eigenvalue weighted by Gasteiger charge is 2.24. The third-order valence-electron chi connectivity index (χ3n) is 4.29. The summed E-state index contributed by atoms with van der Waals surface area (Å²) in [4.78, 5) is 14.3. The molecule has 1 amide bonds. The van der Waals surface area contributed by atoms with E-state index < -0.39 is 10.0 Å². The lowest BCUT2D eigenvalue weighted by atomic mass is 9.94. The average molecular weight is 394 g/mol. The Bertz CT molecular complexity index is 655. The second kappa shape index (κ2) is 8.62. The van der Waals surface area contributed by atoms with Crippen molar-refractivity contribution in [3.63, 3.8) is 0 Å². The van der Waals surface area contributed by atoms with Crippen LogP contribution in [0, 0.1) is 5.92 Å². The Kier molecular flexibility index (Phi) is 7.06. The predicted molar refractivity (Wildman–Crippen MR) is 97.0 cm³/mol. The molecule has 0 bridgehead atoms. The Morgan fingerprint density at radius 2 is 2.08 bits per heavy atom. The van der Waals surface area contributed by atoms with Crippen molar-refractivity contribution in [3.05, 3.63) is 16.5 Å². The maximum absolute atomic E-state index is 12.3. The highest BCUT2D eigenvalue weighted by atomic mass is 35.5. The molecule has 0 aliphatic carbocycles. The number of amides is 1. The maximum Gasteiger partial charge on any atom is 0.252 e. The number of carbonyl (C=O) groups is 1.